The van der Waals surface area contributed by atoms with E-state index in [0.29, 0.717) is 10.7 Å². The van der Waals surface area contributed by atoms with Gasteiger partial charge in [0, 0.05) is 34.6 Å². The standard InChI is InChI=1S/C27H25ClFN5O4/c1-16(2)38-23-9-8-20(13-21(23)29)32-27-31-14-22(33-25(35)18-10-11-30-24(12-18)37-3)26(36)34(27)15-17-4-6-19(28)7-5-17/h4-14,16H,15H2,1-3H3,(H,31,32)(H,33,35). The minimum atomic E-state index is -0.563. The molecule has 0 bridgehead atoms. The monoisotopic (exact) mass is 537 g/mol. The molecule has 1 amide bonds. The van der Waals surface area contributed by atoms with Gasteiger partial charge in [-0.2, -0.15) is 0 Å². The quantitative estimate of drug-likeness (QED) is 0.299. The van der Waals surface area contributed by atoms with Crippen LogP contribution in [0.1, 0.15) is 29.8 Å². The number of aromatic nitrogens is 3. The summed E-state index contributed by atoms with van der Waals surface area (Å²) >= 11 is 6.01. The van der Waals surface area contributed by atoms with E-state index in [1.54, 1.807) is 44.2 Å². The summed E-state index contributed by atoms with van der Waals surface area (Å²) < 4.78 is 26.4. The van der Waals surface area contributed by atoms with Crippen molar-refractivity contribution in [2.24, 2.45) is 0 Å². The number of ether oxygens (including phenoxy) is 2. The van der Waals surface area contributed by atoms with Crippen molar-refractivity contribution in [1.82, 2.24) is 14.5 Å². The molecule has 4 aromatic rings. The summed E-state index contributed by atoms with van der Waals surface area (Å²) in [6, 6.07) is 14.3. The van der Waals surface area contributed by atoms with E-state index in [4.69, 9.17) is 21.1 Å². The fourth-order valence-electron chi connectivity index (χ4n) is 3.51. The molecule has 38 heavy (non-hydrogen) atoms. The van der Waals surface area contributed by atoms with Crippen LogP contribution in [-0.2, 0) is 6.54 Å². The molecule has 9 nitrogen and oxygen atoms in total. The lowest BCUT2D eigenvalue weighted by Crippen LogP contribution is -2.29. The number of halogens is 2. The molecule has 2 aromatic heterocycles. The van der Waals surface area contributed by atoms with Gasteiger partial charge in [-0.15, -0.1) is 0 Å². The second kappa shape index (κ2) is 11.7. The molecule has 0 radical (unpaired) electrons. The highest BCUT2D eigenvalue weighted by molar-refractivity contribution is 6.30. The predicted octanol–water partition coefficient (Wildman–Crippen LogP) is 5.27. The topological polar surface area (TPSA) is 107 Å². The third kappa shape index (κ3) is 6.46. The molecule has 0 saturated carbocycles. The Labute approximate surface area is 223 Å². The van der Waals surface area contributed by atoms with Crippen LogP contribution in [0.2, 0.25) is 5.02 Å². The molecule has 0 aliphatic carbocycles. The molecule has 2 N–H and O–H groups in total. The van der Waals surface area contributed by atoms with Crippen molar-refractivity contribution in [3.63, 3.8) is 0 Å². The maximum absolute atomic E-state index is 14.6. The van der Waals surface area contributed by atoms with Crippen LogP contribution in [0.3, 0.4) is 0 Å². The highest BCUT2D eigenvalue weighted by Crippen LogP contribution is 2.24. The van der Waals surface area contributed by atoms with Crippen molar-refractivity contribution < 1.29 is 18.7 Å². The van der Waals surface area contributed by atoms with Crippen LogP contribution in [0.4, 0.5) is 21.7 Å². The van der Waals surface area contributed by atoms with Gasteiger partial charge in [0.25, 0.3) is 11.5 Å². The number of carbonyl (C=O) groups excluding carboxylic acids is 1. The van der Waals surface area contributed by atoms with Crippen LogP contribution < -0.4 is 25.7 Å². The fraction of sp³-hybridized carbons (Fsp3) is 0.185. The van der Waals surface area contributed by atoms with Gasteiger partial charge in [0.15, 0.2) is 11.6 Å². The lowest BCUT2D eigenvalue weighted by molar-refractivity contribution is 0.102. The van der Waals surface area contributed by atoms with Gasteiger partial charge >= 0.3 is 0 Å². The Morgan fingerprint density at radius 1 is 1.11 bits per heavy atom. The zero-order valence-corrected chi connectivity index (χ0v) is 21.6. The molecule has 0 aliphatic heterocycles. The Bertz CT molecular complexity index is 1510. The zero-order chi connectivity index (χ0) is 27.2. The number of benzene rings is 2. The number of carbonyl (C=O) groups is 1. The Kier molecular flexibility index (Phi) is 8.22. The summed E-state index contributed by atoms with van der Waals surface area (Å²) in [7, 11) is 1.44. The Hall–Kier alpha value is -4.44. The van der Waals surface area contributed by atoms with Crippen LogP contribution in [0.5, 0.6) is 11.6 Å². The van der Waals surface area contributed by atoms with Crippen LogP contribution in [0.25, 0.3) is 0 Å². The second-order valence-electron chi connectivity index (χ2n) is 8.49. The lowest BCUT2D eigenvalue weighted by Gasteiger charge is -2.16. The van der Waals surface area contributed by atoms with Gasteiger partial charge in [0.05, 0.1) is 26.0 Å². The zero-order valence-electron chi connectivity index (χ0n) is 20.9. The van der Waals surface area contributed by atoms with Crippen molar-refractivity contribution in [2.75, 3.05) is 17.7 Å². The van der Waals surface area contributed by atoms with E-state index in [-0.39, 0.29) is 41.5 Å². The molecule has 0 spiro atoms. The molecule has 0 saturated heterocycles. The van der Waals surface area contributed by atoms with E-state index in [0.717, 1.165) is 5.56 Å². The maximum Gasteiger partial charge on any atom is 0.279 e. The number of hydrogen-bond acceptors (Lipinski definition) is 7. The number of hydrogen-bond donors (Lipinski definition) is 2. The summed E-state index contributed by atoms with van der Waals surface area (Å²) in [6.07, 6.45) is 2.48. The van der Waals surface area contributed by atoms with E-state index in [9.17, 15) is 14.0 Å². The van der Waals surface area contributed by atoms with Crippen molar-refractivity contribution in [2.45, 2.75) is 26.5 Å². The predicted molar refractivity (Wildman–Crippen MR) is 143 cm³/mol. The van der Waals surface area contributed by atoms with E-state index >= 15 is 0 Å². The van der Waals surface area contributed by atoms with Gasteiger partial charge in [-0.05, 0) is 49.7 Å². The van der Waals surface area contributed by atoms with Crippen molar-refractivity contribution >= 4 is 34.8 Å². The van der Waals surface area contributed by atoms with E-state index in [1.807, 2.05) is 0 Å². The SMILES string of the molecule is COc1cc(C(=O)Nc2cnc(Nc3ccc(OC(C)C)c(F)c3)n(Cc3ccc(Cl)cc3)c2=O)ccn1. The number of amides is 1. The van der Waals surface area contributed by atoms with E-state index < -0.39 is 17.3 Å². The van der Waals surface area contributed by atoms with E-state index in [2.05, 4.69) is 20.6 Å². The van der Waals surface area contributed by atoms with Crippen LogP contribution in [0, 0.1) is 5.82 Å². The molecule has 0 fully saturated rings. The van der Waals surface area contributed by atoms with Gasteiger partial charge in [0.1, 0.15) is 5.69 Å². The molecule has 196 valence electrons. The molecule has 0 atom stereocenters. The molecular formula is C27H25ClFN5O4. The van der Waals surface area contributed by atoms with Crippen LogP contribution >= 0.6 is 11.6 Å². The minimum absolute atomic E-state index is 0.0443. The molecule has 2 heterocycles. The third-order valence-electron chi connectivity index (χ3n) is 5.31. The minimum Gasteiger partial charge on any atom is -0.488 e. The van der Waals surface area contributed by atoms with E-state index in [1.165, 1.54) is 48.3 Å². The molecule has 4 rings (SSSR count). The largest absolute Gasteiger partial charge is 0.488 e. The fourth-order valence-corrected chi connectivity index (χ4v) is 3.64. The Morgan fingerprint density at radius 3 is 2.55 bits per heavy atom. The molecule has 11 heteroatoms. The first-order valence-corrected chi connectivity index (χ1v) is 12.0. The van der Waals surface area contributed by atoms with Crippen molar-refractivity contribution in [1.29, 1.82) is 0 Å². The number of nitrogens with one attached hydrogen (secondary N) is 2. The van der Waals surface area contributed by atoms with Crippen molar-refractivity contribution in [3.8, 4) is 11.6 Å². The first-order valence-electron chi connectivity index (χ1n) is 11.6. The normalized spacial score (nSPS) is 10.8. The number of anilines is 3. The van der Waals surface area contributed by atoms with Crippen LogP contribution in [0.15, 0.2) is 71.8 Å². The highest BCUT2D eigenvalue weighted by atomic mass is 35.5. The van der Waals surface area contributed by atoms with Gasteiger partial charge in [-0.1, -0.05) is 23.7 Å². The van der Waals surface area contributed by atoms with Gasteiger partial charge < -0.3 is 20.1 Å². The number of pyridine rings is 1. The smallest absolute Gasteiger partial charge is 0.279 e. The first kappa shape index (κ1) is 26.6. The van der Waals surface area contributed by atoms with Gasteiger partial charge in [-0.25, -0.2) is 14.4 Å². The number of nitrogens with zero attached hydrogens (tertiary/aromatic N) is 3. The highest BCUT2D eigenvalue weighted by Gasteiger charge is 2.16. The second-order valence-corrected chi connectivity index (χ2v) is 8.93. The molecular weight excluding hydrogens is 513 g/mol. The first-order chi connectivity index (χ1) is 18.2. The number of rotatable bonds is 9. The van der Waals surface area contributed by atoms with Crippen molar-refractivity contribution in [3.05, 3.63) is 99.3 Å². The lowest BCUT2D eigenvalue weighted by atomic mass is 10.2. The summed E-state index contributed by atoms with van der Waals surface area (Å²) in [4.78, 5) is 34.6. The molecule has 2 aromatic carbocycles. The van der Waals surface area contributed by atoms with Gasteiger partial charge in [-0.3, -0.25) is 14.2 Å². The summed E-state index contributed by atoms with van der Waals surface area (Å²) in [6.45, 7) is 3.71. The van der Waals surface area contributed by atoms with Gasteiger partial charge in [0.2, 0.25) is 11.8 Å². The summed E-state index contributed by atoms with van der Waals surface area (Å²) in [5.41, 5.74) is 0.803. The molecule has 0 aliphatic rings. The summed E-state index contributed by atoms with van der Waals surface area (Å²) in [5.74, 6) is -0.584. The van der Waals surface area contributed by atoms with Crippen LogP contribution in [-0.4, -0.2) is 33.7 Å². The average Bonchev–Trinajstić information content (AvgIpc) is 2.90. The Morgan fingerprint density at radius 2 is 1.87 bits per heavy atom. The molecule has 0 unspecified atom stereocenters. The Balaban J connectivity index is 1.68. The average molecular weight is 538 g/mol. The summed E-state index contributed by atoms with van der Waals surface area (Å²) in [5, 5.41) is 6.13. The number of methoxy groups -OCH3 is 1. The third-order valence-corrected chi connectivity index (χ3v) is 5.56. The maximum atomic E-state index is 14.6.